The van der Waals surface area contributed by atoms with Crippen LogP contribution >= 0.6 is 11.6 Å². The zero-order valence-electron chi connectivity index (χ0n) is 17.3. The average molecular weight is 412 g/mol. The third kappa shape index (κ3) is 4.80. The van der Waals surface area contributed by atoms with E-state index in [1.165, 1.54) is 0 Å². The van der Waals surface area contributed by atoms with Crippen LogP contribution in [0.25, 0.3) is 0 Å². The van der Waals surface area contributed by atoms with Crippen molar-refractivity contribution in [2.24, 2.45) is 0 Å². The highest BCUT2D eigenvalue weighted by atomic mass is 35.5. The molecule has 0 bridgehead atoms. The van der Waals surface area contributed by atoms with Crippen molar-refractivity contribution < 1.29 is 9.53 Å². The molecular formula is C23H26ClN3O2. The number of carbonyl (C=O) groups is 1. The van der Waals surface area contributed by atoms with E-state index in [2.05, 4.69) is 5.10 Å². The van der Waals surface area contributed by atoms with Gasteiger partial charge < -0.3 is 9.64 Å². The summed E-state index contributed by atoms with van der Waals surface area (Å²) in [6.07, 6.45) is 1.61. The van der Waals surface area contributed by atoms with Crippen molar-refractivity contribution in [2.75, 3.05) is 7.05 Å². The zero-order chi connectivity index (χ0) is 21.0. The first-order chi connectivity index (χ1) is 13.9. The molecule has 5 nitrogen and oxygen atoms in total. The van der Waals surface area contributed by atoms with Crippen LogP contribution in [-0.4, -0.2) is 27.6 Å². The van der Waals surface area contributed by atoms with Crippen LogP contribution in [0.4, 0.5) is 0 Å². The van der Waals surface area contributed by atoms with Crippen molar-refractivity contribution in [3.63, 3.8) is 0 Å². The Kier molecular flexibility index (Phi) is 6.60. The molecule has 0 saturated heterocycles. The molecule has 0 saturated carbocycles. The van der Waals surface area contributed by atoms with Gasteiger partial charge in [-0.15, -0.1) is 0 Å². The fourth-order valence-electron chi connectivity index (χ4n) is 3.26. The van der Waals surface area contributed by atoms with Crippen LogP contribution in [0.15, 0.2) is 48.7 Å². The van der Waals surface area contributed by atoms with Crippen molar-refractivity contribution in [1.29, 1.82) is 0 Å². The molecule has 29 heavy (non-hydrogen) atoms. The number of hydrogen-bond acceptors (Lipinski definition) is 3. The smallest absolute Gasteiger partial charge is 0.253 e. The van der Waals surface area contributed by atoms with E-state index in [9.17, 15) is 4.79 Å². The quantitative estimate of drug-likeness (QED) is 0.548. The van der Waals surface area contributed by atoms with Crippen LogP contribution in [0, 0.1) is 13.8 Å². The molecule has 0 aliphatic rings. The number of aryl methyl sites for hydroxylation is 3. The molecule has 1 heterocycles. The Morgan fingerprint density at radius 2 is 1.79 bits per heavy atom. The Bertz CT molecular complexity index is 976. The lowest BCUT2D eigenvalue weighted by atomic mass is 10.1. The Hall–Kier alpha value is -2.79. The number of halogens is 1. The third-order valence-corrected chi connectivity index (χ3v) is 5.24. The Balaban J connectivity index is 1.64. The van der Waals surface area contributed by atoms with E-state index in [0.29, 0.717) is 30.3 Å². The van der Waals surface area contributed by atoms with E-state index >= 15 is 0 Å². The van der Waals surface area contributed by atoms with Crippen LogP contribution < -0.4 is 4.74 Å². The van der Waals surface area contributed by atoms with Crippen molar-refractivity contribution in [3.05, 3.63) is 81.6 Å². The Morgan fingerprint density at radius 3 is 2.41 bits per heavy atom. The number of amides is 1. The molecular weight excluding hydrogens is 386 g/mol. The van der Waals surface area contributed by atoms with E-state index < -0.39 is 0 Å². The molecule has 0 spiro atoms. The summed E-state index contributed by atoms with van der Waals surface area (Å²) in [7, 11) is 1.77. The predicted octanol–water partition coefficient (Wildman–Crippen LogP) is 5.02. The first kappa shape index (κ1) is 20.9. The summed E-state index contributed by atoms with van der Waals surface area (Å²) in [5.74, 6) is 0.851. The number of carbonyl (C=O) groups excluding carboxylic acids is 1. The fourth-order valence-corrected chi connectivity index (χ4v) is 3.46. The lowest BCUT2D eigenvalue weighted by Crippen LogP contribution is -2.27. The van der Waals surface area contributed by atoms with Gasteiger partial charge in [-0.2, -0.15) is 5.10 Å². The van der Waals surface area contributed by atoms with Gasteiger partial charge in [-0.05, 0) is 49.6 Å². The molecule has 6 heteroatoms. The highest BCUT2D eigenvalue weighted by molar-refractivity contribution is 6.31. The minimum absolute atomic E-state index is 0.0628. The summed E-state index contributed by atoms with van der Waals surface area (Å²) in [4.78, 5) is 14.4. The molecule has 3 aromatic rings. The monoisotopic (exact) mass is 411 g/mol. The molecule has 0 atom stereocenters. The van der Waals surface area contributed by atoms with Gasteiger partial charge in [0.15, 0.2) is 0 Å². The lowest BCUT2D eigenvalue weighted by molar-refractivity contribution is 0.0781. The predicted molar refractivity (Wildman–Crippen MR) is 115 cm³/mol. The first-order valence-electron chi connectivity index (χ1n) is 9.64. The third-order valence-electron chi connectivity index (χ3n) is 4.92. The van der Waals surface area contributed by atoms with Gasteiger partial charge in [0, 0.05) is 19.2 Å². The zero-order valence-corrected chi connectivity index (χ0v) is 18.0. The summed E-state index contributed by atoms with van der Waals surface area (Å²) < 4.78 is 7.80. The molecule has 1 aromatic heterocycles. The van der Waals surface area contributed by atoms with E-state index in [0.717, 1.165) is 28.1 Å². The maximum atomic E-state index is 12.8. The maximum absolute atomic E-state index is 12.8. The summed E-state index contributed by atoms with van der Waals surface area (Å²) in [6.45, 7) is 7.64. The van der Waals surface area contributed by atoms with Crippen molar-refractivity contribution in [2.45, 2.75) is 40.5 Å². The number of ether oxygens (including phenoxy) is 1. The fraction of sp³-hybridized carbons (Fsp3) is 0.304. The number of aromatic nitrogens is 2. The second-order valence-electron chi connectivity index (χ2n) is 7.12. The van der Waals surface area contributed by atoms with Crippen LogP contribution in [-0.2, 0) is 19.7 Å². The standard InChI is InChI=1S/C23H26ClN3O2/c1-5-27-21(20(24)13-25-27)14-26(4)23(28)19-11-9-18(10-12-19)15-29-22-16(2)7-6-8-17(22)3/h6-13H,5,14-15H2,1-4H3. The second-order valence-corrected chi connectivity index (χ2v) is 7.53. The molecule has 0 N–H and O–H groups in total. The van der Waals surface area contributed by atoms with E-state index in [-0.39, 0.29) is 5.91 Å². The largest absolute Gasteiger partial charge is 0.488 e. The van der Waals surface area contributed by atoms with Crippen molar-refractivity contribution >= 4 is 17.5 Å². The molecule has 152 valence electrons. The van der Waals surface area contributed by atoms with Crippen molar-refractivity contribution in [1.82, 2.24) is 14.7 Å². The van der Waals surface area contributed by atoms with Gasteiger partial charge >= 0.3 is 0 Å². The van der Waals surface area contributed by atoms with Gasteiger partial charge in [-0.3, -0.25) is 9.48 Å². The summed E-state index contributed by atoms with van der Waals surface area (Å²) >= 11 is 6.21. The number of benzene rings is 2. The lowest BCUT2D eigenvalue weighted by Gasteiger charge is -2.18. The topological polar surface area (TPSA) is 47.4 Å². The molecule has 0 fully saturated rings. The average Bonchev–Trinajstić information content (AvgIpc) is 3.07. The maximum Gasteiger partial charge on any atom is 0.253 e. The molecule has 0 radical (unpaired) electrons. The highest BCUT2D eigenvalue weighted by Crippen LogP contribution is 2.23. The number of nitrogens with zero attached hydrogens (tertiary/aromatic N) is 3. The molecule has 0 unspecified atom stereocenters. The Morgan fingerprint density at radius 1 is 1.14 bits per heavy atom. The van der Waals surface area contributed by atoms with Crippen LogP contribution in [0.2, 0.25) is 5.02 Å². The summed E-state index contributed by atoms with van der Waals surface area (Å²) in [5.41, 5.74) is 4.71. The van der Waals surface area contributed by atoms with Crippen molar-refractivity contribution in [3.8, 4) is 5.75 Å². The van der Waals surface area contributed by atoms with Gasteiger partial charge in [-0.1, -0.05) is 41.9 Å². The van der Waals surface area contributed by atoms with E-state index in [4.69, 9.17) is 16.3 Å². The number of hydrogen-bond donors (Lipinski definition) is 0. The summed E-state index contributed by atoms with van der Waals surface area (Å²) in [6, 6.07) is 13.6. The molecule has 3 rings (SSSR count). The molecule has 1 amide bonds. The molecule has 0 aliphatic carbocycles. The van der Waals surface area contributed by atoms with Gasteiger partial charge in [-0.25, -0.2) is 0 Å². The minimum Gasteiger partial charge on any atom is -0.488 e. The number of para-hydroxylation sites is 1. The van der Waals surface area contributed by atoms with Crippen LogP contribution in [0.3, 0.4) is 0 Å². The highest BCUT2D eigenvalue weighted by Gasteiger charge is 2.16. The summed E-state index contributed by atoms with van der Waals surface area (Å²) in [5, 5.41) is 4.80. The normalized spacial score (nSPS) is 10.8. The van der Waals surface area contributed by atoms with Crippen LogP contribution in [0.1, 0.15) is 39.7 Å². The second kappa shape index (κ2) is 9.14. The van der Waals surface area contributed by atoms with E-state index in [1.807, 2.05) is 63.2 Å². The first-order valence-corrected chi connectivity index (χ1v) is 10.0. The minimum atomic E-state index is -0.0628. The SMILES string of the molecule is CCn1ncc(Cl)c1CN(C)C(=O)c1ccc(COc2c(C)cccc2C)cc1. The van der Waals surface area contributed by atoms with Gasteiger partial charge in [0.1, 0.15) is 12.4 Å². The van der Waals surface area contributed by atoms with Gasteiger partial charge in [0.25, 0.3) is 5.91 Å². The number of rotatable bonds is 7. The van der Waals surface area contributed by atoms with Crippen LogP contribution in [0.5, 0.6) is 5.75 Å². The molecule has 2 aromatic carbocycles. The van der Waals surface area contributed by atoms with E-state index in [1.54, 1.807) is 22.8 Å². The molecule has 0 aliphatic heterocycles. The van der Waals surface area contributed by atoms with Gasteiger partial charge in [0.2, 0.25) is 0 Å². The van der Waals surface area contributed by atoms with Gasteiger partial charge in [0.05, 0.1) is 23.5 Å². The Labute approximate surface area is 176 Å².